The van der Waals surface area contributed by atoms with Gasteiger partial charge in [0.15, 0.2) is 6.10 Å². The van der Waals surface area contributed by atoms with Gasteiger partial charge in [-0.3, -0.25) is 9.52 Å². The van der Waals surface area contributed by atoms with Crippen LogP contribution in [0.4, 0.5) is 0 Å². The number of hydrogen-bond donors (Lipinski definition) is 2. The molecule has 62 valence electrons. The number of fused-ring (bicyclic) bond motifs is 1. The summed E-state index contributed by atoms with van der Waals surface area (Å²) in [5.41, 5.74) is 0.686. The van der Waals surface area contributed by atoms with Crippen molar-refractivity contribution in [2.45, 2.75) is 11.0 Å². The van der Waals surface area contributed by atoms with E-state index in [2.05, 4.69) is 4.72 Å². The van der Waals surface area contributed by atoms with Gasteiger partial charge in [-0.05, 0) is 18.0 Å². The zero-order chi connectivity index (χ0) is 8.55. The van der Waals surface area contributed by atoms with Crippen molar-refractivity contribution in [1.82, 2.24) is 4.72 Å². The Balaban J connectivity index is 2.48. The van der Waals surface area contributed by atoms with Gasteiger partial charge >= 0.3 is 0 Å². The standard InChI is InChI=1S/C8H7NO2S/c10-7-5-3-1-2-4-6(5)12-9-8(7)11/h1-4,7,10H,(H,9,11). The van der Waals surface area contributed by atoms with Crippen LogP contribution in [0.1, 0.15) is 11.7 Å². The minimum absolute atomic E-state index is 0.348. The zero-order valence-electron chi connectivity index (χ0n) is 6.15. The minimum atomic E-state index is -1.01. The zero-order valence-corrected chi connectivity index (χ0v) is 6.97. The third-order valence-corrected chi connectivity index (χ3v) is 2.62. The van der Waals surface area contributed by atoms with Crippen LogP contribution < -0.4 is 4.72 Å². The van der Waals surface area contributed by atoms with E-state index in [1.807, 2.05) is 12.1 Å². The number of rotatable bonds is 0. The number of carbonyl (C=O) groups is 1. The molecular weight excluding hydrogens is 174 g/mol. The summed E-state index contributed by atoms with van der Waals surface area (Å²) >= 11 is 1.24. The predicted molar refractivity (Wildman–Crippen MR) is 45.4 cm³/mol. The number of benzene rings is 1. The Morgan fingerprint density at radius 2 is 2.17 bits per heavy atom. The molecule has 1 heterocycles. The van der Waals surface area contributed by atoms with Gasteiger partial charge < -0.3 is 5.11 Å². The molecule has 2 N–H and O–H groups in total. The number of nitrogens with one attached hydrogen (secondary N) is 1. The van der Waals surface area contributed by atoms with Gasteiger partial charge in [-0.25, -0.2) is 0 Å². The van der Waals surface area contributed by atoms with Gasteiger partial charge in [0.25, 0.3) is 5.91 Å². The number of carbonyl (C=O) groups excluding carboxylic acids is 1. The normalized spacial score (nSPS) is 21.4. The Hall–Kier alpha value is -1.00. The lowest BCUT2D eigenvalue weighted by molar-refractivity contribution is -0.127. The van der Waals surface area contributed by atoms with Crippen LogP contribution in [0.5, 0.6) is 0 Å². The molecular formula is C8H7NO2S. The van der Waals surface area contributed by atoms with E-state index in [1.165, 1.54) is 11.9 Å². The van der Waals surface area contributed by atoms with Gasteiger partial charge in [0, 0.05) is 10.5 Å². The highest BCUT2D eigenvalue weighted by Crippen LogP contribution is 2.30. The van der Waals surface area contributed by atoms with Crippen LogP contribution in [0.25, 0.3) is 0 Å². The van der Waals surface area contributed by atoms with Gasteiger partial charge in [-0.15, -0.1) is 0 Å². The topological polar surface area (TPSA) is 49.3 Å². The summed E-state index contributed by atoms with van der Waals surface area (Å²) in [6.45, 7) is 0. The van der Waals surface area contributed by atoms with E-state index in [4.69, 9.17) is 0 Å². The average Bonchev–Trinajstić information content (AvgIpc) is 2.12. The lowest BCUT2D eigenvalue weighted by Crippen LogP contribution is -2.28. The van der Waals surface area contributed by atoms with E-state index in [9.17, 15) is 9.90 Å². The molecule has 1 aromatic carbocycles. The number of aliphatic hydroxyl groups excluding tert-OH is 1. The van der Waals surface area contributed by atoms with Crippen LogP contribution in [-0.4, -0.2) is 11.0 Å². The molecule has 4 heteroatoms. The second-order valence-electron chi connectivity index (χ2n) is 2.51. The van der Waals surface area contributed by atoms with Crippen molar-refractivity contribution in [1.29, 1.82) is 0 Å². The van der Waals surface area contributed by atoms with Crippen LogP contribution in [0.15, 0.2) is 29.2 Å². The highest BCUT2D eigenvalue weighted by Gasteiger charge is 2.25. The first-order valence-corrected chi connectivity index (χ1v) is 4.34. The Labute approximate surface area is 73.9 Å². The smallest absolute Gasteiger partial charge is 0.263 e. The Morgan fingerprint density at radius 3 is 3.00 bits per heavy atom. The van der Waals surface area contributed by atoms with E-state index >= 15 is 0 Å². The van der Waals surface area contributed by atoms with Crippen LogP contribution in [0.3, 0.4) is 0 Å². The second-order valence-corrected chi connectivity index (χ2v) is 3.36. The third kappa shape index (κ3) is 1.09. The summed E-state index contributed by atoms with van der Waals surface area (Å²) < 4.78 is 2.52. The van der Waals surface area contributed by atoms with E-state index in [0.29, 0.717) is 5.56 Å². The van der Waals surface area contributed by atoms with Crippen molar-refractivity contribution in [2.24, 2.45) is 0 Å². The largest absolute Gasteiger partial charge is 0.378 e. The molecule has 0 aromatic heterocycles. The lowest BCUT2D eigenvalue weighted by Gasteiger charge is -2.19. The van der Waals surface area contributed by atoms with Gasteiger partial charge in [-0.2, -0.15) is 0 Å². The molecule has 0 spiro atoms. The fourth-order valence-electron chi connectivity index (χ4n) is 1.10. The van der Waals surface area contributed by atoms with Gasteiger partial charge in [0.05, 0.1) is 0 Å². The first-order chi connectivity index (χ1) is 5.79. The SMILES string of the molecule is O=C1NSc2ccccc2C1O. The molecule has 1 aromatic rings. The van der Waals surface area contributed by atoms with Crippen LogP contribution in [0.2, 0.25) is 0 Å². The molecule has 0 bridgehead atoms. The monoisotopic (exact) mass is 181 g/mol. The maximum atomic E-state index is 11.0. The molecule has 0 saturated carbocycles. The van der Waals surface area contributed by atoms with Crippen LogP contribution in [0, 0.1) is 0 Å². The maximum absolute atomic E-state index is 11.0. The molecule has 0 fully saturated rings. The summed E-state index contributed by atoms with van der Waals surface area (Å²) in [5, 5.41) is 9.40. The van der Waals surface area contributed by atoms with Gasteiger partial charge in [0.2, 0.25) is 0 Å². The quantitative estimate of drug-likeness (QED) is 0.583. The van der Waals surface area contributed by atoms with E-state index < -0.39 is 6.10 Å². The summed E-state index contributed by atoms with van der Waals surface area (Å²) in [4.78, 5) is 11.9. The number of aliphatic hydroxyl groups is 1. The van der Waals surface area contributed by atoms with Crippen molar-refractivity contribution in [3.63, 3.8) is 0 Å². The van der Waals surface area contributed by atoms with Crippen molar-refractivity contribution < 1.29 is 9.90 Å². The van der Waals surface area contributed by atoms with E-state index in [1.54, 1.807) is 12.1 Å². The summed E-state index contributed by atoms with van der Waals surface area (Å²) in [5.74, 6) is -0.348. The fraction of sp³-hybridized carbons (Fsp3) is 0.125. The fourth-order valence-corrected chi connectivity index (χ4v) is 1.87. The van der Waals surface area contributed by atoms with E-state index in [0.717, 1.165) is 4.90 Å². The van der Waals surface area contributed by atoms with Crippen molar-refractivity contribution in [2.75, 3.05) is 0 Å². The Bertz CT molecular complexity index is 327. The van der Waals surface area contributed by atoms with Crippen molar-refractivity contribution >= 4 is 17.9 Å². The maximum Gasteiger partial charge on any atom is 0.263 e. The molecule has 1 unspecified atom stereocenters. The molecule has 1 aliphatic heterocycles. The Morgan fingerprint density at radius 1 is 1.42 bits per heavy atom. The molecule has 0 aliphatic carbocycles. The van der Waals surface area contributed by atoms with Crippen LogP contribution >= 0.6 is 11.9 Å². The first kappa shape index (κ1) is 7.64. The Kier molecular flexibility index (Phi) is 1.78. The third-order valence-electron chi connectivity index (χ3n) is 1.72. The van der Waals surface area contributed by atoms with Crippen LogP contribution in [-0.2, 0) is 4.79 Å². The summed E-state index contributed by atoms with van der Waals surface area (Å²) in [7, 11) is 0. The molecule has 0 saturated heterocycles. The summed E-state index contributed by atoms with van der Waals surface area (Å²) in [6, 6.07) is 7.30. The average molecular weight is 181 g/mol. The second kappa shape index (κ2) is 2.80. The highest BCUT2D eigenvalue weighted by molar-refractivity contribution is 7.98. The van der Waals surface area contributed by atoms with Crippen molar-refractivity contribution in [3.8, 4) is 0 Å². The molecule has 1 aliphatic rings. The first-order valence-electron chi connectivity index (χ1n) is 3.53. The molecule has 12 heavy (non-hydrogen) atoms. The molecule has 1 amide bonds. The molecule has 1 atom stereocenters. The predicted octanol–water partition coefficient (Wildman–Crippen LogP) is 0.857. The minimum Gasteiger partial charge on any atom is -0.378 e. The molecule has 0 radical (unpaired) electrons. The molecule has 3 nitrogen and oxygen atoms in total. The molecule has 2 rings (SSSR count). The number of hydrogen-bond acceptors (Lipinski definition) is 3. The van der Waals surface area contributed by atoms with E-state index in [-0.39, 0.29) is 5.91 Å². The van der Waals surface area contributed by atoms with Crippen molar-refractivity contribution in [3.05, 3.63) is 29.8 Å². The van der Waals surface area contributed by atoms with Gasteiger partial charge in [0.1, 0.15) is 0 Å². The summed E-state index contributed by atoms with van der Waals surface area (Å²) in [6.07, 6.45) is -1.01. The van der Waals surface area contributed by atoms with Gasteiger partial charge in [-0.1, -0.05) is 18.2 Å². The highest BCUT2D eigenvalue weighted by atomic mass is 32.2. The number of amides is 1. The lowest BCUT2D eigenvalue weighted by atomic mass is 10.1.